The Morgan fingerprint density at radius 1 is 0.917 bits per heavy atom. The first-order chi connectivity index (χ1) is 2.64. The van der Waals surface area contributed by atoms with E-state index in [0.717, 1.165) is 0 Å². The molecule has 0 amide bonds. The molecule has 0 aliphatic rings. The van der Waals surface area contributed by atoms with E-state index >= 15 is 0 Å². The number of aliphatic carboxylic acids is 1. The molecule has 0 saturated heterocycles. The molecule has 0 aromatic rings. The van der Waals surface area contributed by atoms with Crippen molar-refractivity contribution in [2.75, 3.05) is 0 Å². The third-order valence-electron chi connectivity index (χ3n) is 0.194. The van der Waals surface area contributed by atoms with Crippen LogP contribution < -0.4 is 0 Å². The number of rotatable bonds is 0. The summed E-state index contributed by atoms with van der Waals surface area (Å²) in [5, 5.41) is 13.2. The topological polar surface area (TPSA) is 245 Å². The quantitative estimate of drug-likeness (QED) is 0.483. The maximum atomic E-state index is 9.21. The molecule has 80 valence electrons. The summed E-state index contributed by atoms with van der Waals surface area (Å²) in [4.78, 5) is 18.4. The molecule has 0 rings (SSSR count). The Morgan fingerprint density at radius 2 is 1.00 bits per heavy atom. The number of carboxylic acids is 1. The summed E-state index contributed by atoms with van der Waals surface area (Å²) in [6.07, 6.45) is 0. The summed E-state index contributed by atoms with van der Waals surface area (Å²) in [6.45, 7) is 0. The van der Waals surface area contributed by atoms with Crippen LogP contribution in [-0.4, -0.2) is 22.2 Å². The van der Waals surface area contributed by atoms with E-state index in [2.05, 4.69) is 0 Å². The van der Waals surface area contributed by atoms with E-state index in [1.165, 1.54) is 0 Å². The largest absolute Gasteiger partial charge is 3.00 e. The number of hydrogen-bond donors (Lipinski definition) is 1. The number of carbonyl (C=O) groups excluding carboxylic acids is 1. The second-order valence-electron chi connectivity index (χ2n) is 0.634. The Bertz CT molecular complexity index is 87.4. The second-order valence-corrected chi connectivity index (χ2v) is 0.634. The Morgan fingerprint density at radius 3 is 1.00 bits per heavy atom. The smallest absolute Gasteiger partial charge is 0.693 e. The van der Waals surface area contributed by atoms with Gasteiger partial charge in [-0.3, -0.25) is 0 Å². The van der Waals surface area contributed by atoms with Gasteiger partial charge < -0.3 is 41.0 Å². The van der Waals surface area contributed by atoms with Crippen LogP contribution in [0.5, 0.6) is 0 Å². The van der Waals surface area contributed by atoms with Gasteiger partial charge in [0.1, 0.15) is 0 Å². The summed E-state index contributed by atoms with van der Waals surface area (Å²) >= 11 is 0. The van der Waals surface area contributed by atoms with E-state index in [1.807, 2.05) is 0 Å². The van der Waals surface area contributed by atoms with Gasteiger partial charge in [-0.1, -0.05) is 0 Å². The molecule has 0 saturated carbocycles. The van der Waals surface area contributed by atoms with Gasteiger partial charge in [0.25, 0.3) is 0 Å². The average Bonchev–Trinajstić information content (AvgIpc) is 1.36. The molecule has 10 heteroatoms. The predicted molar refractivity (Wildman–Crippen MR) is 42.7 cm³/mol. The maximum Gasteiger partial charge on any atom is 3.00 e. The first kappa shape index (κ1) is 65.5. The van der Waals surface area contributed by atoms with Crippen LogP contribution in [0.4, 0.5) is 0 Å². The van der Waals surface area contributed by atoms with Gasteiger partial charge in [0.05, 0.1) is 4.79 Å². The zero-order chi connectivity index (χ0) is 5.15. The van der Waals surface area contributed by atoms with Crippen molar-refractivity contribution in [1.82, 2.24) is 0 Å². The van der Waals surface area contributed by atoms with Crippen LogP contribution in [-0.2, 0) is 26.4 Å². The van der Waals surface area contributed by atoms with E-state index in [1.54, 1.807) is 0 Å². The Balaban J connectivity index is -0.00000000833. The fraction of sp³-hybridized carbons (Fsp3) is 0. The van der Waals surface area contributed by atoms with Crippen molar-refractivity contribution in [3.63, 3.8) is 0 Å². The van der Waals surface area contributed by atoms with E-state index in [9.17, 15) is 4.79 Å². The van der Waals surface area contributed by atoms with Crippen molar-refractivity contribution < 1.29 is 36.6 Å². The molecule has 0 aromatic heterocycles. The number of nitrogens with two attached hydrogens (primary N) is 5. The van der Waals surface area contributed by atoms with Crippen molar-refractivity contribution in [3.8, 4) is 0 Å². The number of carbonyl (C=O) groups is 2. The standard InChI is InChI=1S/C2H2O4.Co.5H2N/c3-1(4)2(5)6;;;;;;/h(H,3,4)(H,5,6);;5*1H2/q;+3;5*-1/p+1. The summed E-state index contributed by atoms with van der Waals surface area (Å²) in [5.41, 5.74) is 0. The van der Waals surface area contributed by atoms with Crippen molar-refractivity contribution >= 4 is 11.9 Å². The van der Waals surface area contributed by atoms with Gasteiger partial charge in [0, 0.05) is 0 Å². The molecule has 0 aliphatic heterocycles. The van der Waals surface area contributed by atoms with Crippen molar-refractivity contribution in [2.24, 2.45) is 0 Å². The minimum atomic E-state index is -1.71. The number of hydrogen-bond acceptors (Lipinski definition) is 2. The van der Waals surface area contributed by atoms with E-state index in [0.29, 0.717) is 0 Å². The summed E-state index contributed by atoms with van der Waals surface area (Å²) in [7, 11) is 0. The van der Waals surface area contributed by atoms with E-state index < -0.39 is 11.9 Å². The maximum absolute atomic E-state index is 9.21. The Hall–Kier alpha value is -0.754. The average molecular weight is 230 g/mol. The van der Waals surface area contributed by atoms with Crippen LogP contribution in [0.15, 0.2) is 0 Å². The molecule has 9 nitrogen and oxygen atoms in total. The van der Waals surface area contributed by atoms with E-state index in [-0.39, 0.29) is 47.5 Å². The van der Waals surface area contributed by atoms with Gasteiger partial charge in [0.2, 0.25) is 0 Å². The SMILES string of the molecule is O=C(O)C(=O)[OH2+].[Co+3].[NH2-].[NH2-].[NH2-].[NH2-].[NH2-]. The van der Waals surface area contributed by atoms with E-state index in [4.69, 9.17) is 15.0 Å². The Labute approximate surface area is 80.0 Å². The molecule has 0 bridgehead atoms. The molecular formula is C2H13CoN5O4-. The minimum absolute atomic E-state index is 0. The number of carboxylic acid groups (broad SMARTS) is 1. The molecule has 12 heavy (non-hydrogen) atoms. The molecule has 0 atom stereocenters. The van der Waals surface area contributed by atoms with Gasteiger partial charge in [-0.05, 0) is 0 Å². The summed E-state index contributed by atoms with van der Waals surface area (Å²) < 4.78 is 0. The van der Waals surface area contributed by atoms with Crippen LogP contribution in [0.2, 0.25) is 0 Å². The Kier molecular flexibility index (Phi) is 174. The second kappa shape index (κ2) is 31.8. The van der Waals surface area contributed by atoms with Crippen molar-refractivity contribution in [2.45, 2.75) is 0 Å². The zero-order valence-corrected chi connectivity index (χ0v) is 7.02. The molecule has 0 fully saturated rings. The van der Waals surface area contributed by atoms with Crippen LogP contribution in [0, 0.1) is 0 Å². The van der Waals surface area contributed by atoms with Crippen LogP contribution in [0.3, 0.4) is 0 Å². The first-order valence-electron chi connectivity index (χ1n) is 1.13. The van der Waals surface area contributed by atoms with Crippen molar-refractivity contribution in [1.29, 1.82) is 0 Å². The molecule has 0 aliphatic carbocycles. The van der Waals surface area contributed by atoms with Crippen molar-refractivity contribution in [3.05, 3.63) is 30.8 Å². The minimum Gasteiger partial charge on any atom is -0.693 e. The van der Waals surface area contributed by atoms with Gasteiger partial charge in [-0.25, -0.2) is 4.79 Å². The van der Waals surface area contributed by atoms with Gasteiger partial charge in [0.15, 0.2) is 0 Å². The van der Waals surface area contributed by atoms with Crippen LogP contribution >= 0.6 is 0 Å². The first-order valence-corrected chi connectivity index (χ1v) is 1.13. The fourth-order valence-corrected chi connectivity index (χ4v) is 0. The molecular weight excluding hydrogens is 217 g/mol. The monoisotopic (exact) mass is 230 g/mol. The molecule has 13 N–H and O–H groups in total. The van der Waals surface area contributed by atoms with Crippen LogP contribution in [0.25, 0.3) is 30.8 Å². The molecule has 0 heterocycles. The third-order valence-corrected chi connectivity index (χ3v) is 0.194. The molecule has 0 aromatic carbocycles. The van der Waals surface area contributed by atoms with Gasteiger partial charge >= 0.3 is 28.7 Å². The zero-order valence-electron chi connectivity index (χ0n) is 5.98. The van der Waals surface area contributed by atoms with Crippen LogP contribution in [0.1, 0.15) is 0 Å². The normalized spacial score (nSPS) is 3.67. The molecule has 0 unspecified atom stereocenters. The third kappa shape index (κ3) is 59.7. The van der Waals surface area contributed by atoms with Gasteiger partial charge in [-0.2, -0.15) is 0 Å². The molecule has 0 radical (unpaired) electrons. The van der Waals surface area contributed by atoms with Gasteiger partial charge in [-0.15, -0.1) is 0 Å². The fourth-order valence-electron chi connectivity index (χ4n) is 0. The predicted octanol–water partition coefficient (Wildman–Crippen LogP) is 1.91. The summed E-state index contributed by atoms with van der Waals surface area (Å²) in [6, 6.07) is 0. The summed E-state index contributed by atoms with van der Waals surface area (Å²) in [5.74, 6) is -3.29. The molecule has 0 spiro atoms.